The Bertz CT molecular complexity index is 1220. The van der Waals surface area contributed by atoms with Crippen LogP contribution in [-0.4, -0.2) is 73.4 Å². The Hall–Kier alpha value is -2.06. The molecular formula is C52H96N2O6P+. The van der Waals surface area contributed by atoms with Crippen LogP contribution in [0.5, 0.6) is 0 Å². The maximum absolute atomic E-state index is 12.9. The molecule has 0 aliphatic heterocycles. The van der Waals surface area contributed by atoms with Crippen molar-refractivity contribution in [2.45, 2.75) is 212 Å². The lowest BCUT2D eigenvalue weighted by molar-refractivity contribution is -0.870. The molecule has 8 nitrogen and oxygen atoms in total. The summed E-state index contributed by atoms with van der Waals surface area (Å²) >= 11 is 0. The number of hydrogen-bond donors (Lipinski definition) is 3. The lowest BCUT2D eigenvalue weighted by Crippen LogP contribution is -2.46. The van der Waals surface area contributed by atoms with E-state index in [0.717, 1.165) is 89.9 Å². The summed E-state index contributed by atoms with van der Waals surface area (Å²) in [4.78, 5) is 23.2. The molecule has 0 bridgehead atoms. The molecule has 0 fully saturated rings. The molecule has 3 N–H and O–H groups in total. The van der Waals surface area contributed by atoms with Crippen LogP contribution in [0.15, 0.2) is 72.9 Å². The highest BCUT2D eigenvalue weighted by molar-refractivity contribution is 7.47. The molecule has 0 radical (unpaired) electrons. The summed E-state index contributed by atoms with van der Waals surface area (Å²) in [7, 11) is 1.59. The summed E-state index contributed by atoms with van der Waals surface area (Å²) in [6.07, 6.45) is 57.9. The lowest BCUT2D eigenvalue weighted by Gasteiger charge is -2.26. The fourth-order valence-electron chi connectivity index (χ4n) is 6.81. The molecule has 0 saturated carbocycles. The standard InChI is InChI=1S/C52H95N2O6P/c1-6-8-10-12-14-16-18-20-22-24-25-26-27-28-29-30-32-34-36-38-40-42-44-46-52(56)53-50(49-60-61(57,58)59-48-47-54(3,4)5)51(55)45-43-41-39-37-35-33-31-23-21-19-17-15-13-11-9-7-2/h8,10,14,16,20,22,25-26,28-29,32,34,50-51,55H,6-7,9,11-13,15,17-19,21,23-24,27,30-31,33,35-49H2,1-5H3,(H-,53,56,57,58)/p+1/b10-8-,16-14-,22-20-,26-25-,29-28-,34-32-. The Morgan fingerprint density at radius 3 is 1.44 bits per heavy atom. The van der Waals surface area contributed by atoms with Crippen molar-refractivity contribution < 1.29 is 32.9 Å². The molecule has 0 saturated heterocycles. The van der Waals surface area contributed by atoms with E-state index in [-0.39, 0.29) is 19.1 Å². The number of aliphatic hydroxyl groups is 1. The number of quaternary nitrogens is 1. The van der Waals surface area contributed by atoms with Gasteiger partial charge in [0, 0.05) is 6.42 Å². The smallest absolute Gasteiger partial charge is 0.391 e. The summed E-state index contributed by atoms with van der Waals surface area (Å²) < 4.78 is 23.7. The number of carbonyl (C=O) groups is 1. The summed E-state index contributed by atoms with van der Waals surface area (Å²) in [5, 5.41) is 14.0. The SMILES string of the molecule is CC/C=C\C/C=C\C/C=C\C/C=C\C/C=C\C/C=C\CCCCCCC(=O)NC(COP(=O)(O)OCC[N+](C)(C)C)C(O)CCCCCCCCCCCCCCCCCC. The molecule has 3 unspecified atom stereocenters. The van der Waals surface area contributed by atoms with Crippen LogP contribution in [0.4, 0.5) is 0 Å². The second-order valence-electron chi connectivity index (χ2n) is 17.8. The topological polar surface area (TPSA) is 105 Å². The number of amides is 1. The van der Waals surface area contributed by atoms with Gasteiger partial charge >= 0.3 is 7.82 Å². The average Bonchev–Trinajstić information content (AvgIpc) is 3.21. The van der Waals surface area contributed by atoms with E-state index in [9.17, 15) is 19.4 Å². The fourth-order valence-corrected chi connectivity index (χ4v) is 7.55. The van der Waals surface area contributed by atoms with Crippen molar-refractivity contribution >= 4 is 13.7 Å². The molecule has 3 atom stereocenters. The minimum atomic E-state index is -4.33. The Kier molecular flexibility index (Phi) is 41.7. The third-order valence-electron chi connectivity index (χ3n) is 10.7. The van der Waals surface area contributed by atoms with Crippen molar-refractivity contribution in [2.75, 3.05) is 40.9 Å². The van der Waals surface area contributed by atoms with E-state index < -0.39 is 20.0 Å². The largest absolute Gasteiger partial charge is 0.472 e. The highest BCUT2D eigenvalue weighted by atomic mass is 31.2. The number of allylic oxidation sites excluding steroid dienone is 12. The number of aliphatic hydroxyl groups excluding tert-OH is 1. The molecule has 0 aromatic carbocycles. The first kappa shape index (κ1) is 58.9. The van der Waals surface area contributed by atoms with Gasteiger partial charge < -0.3 is 19.8 Å². The highest BCUT2D eigenvalue weighted by Crippen LogP contribution is 2.43. The Morgan fingerprint density at radius 2 is 0.984 bits per heavy atom. The van der Waals surface area contributed by atoms with Gasteiger partial charge in [0.15, 0.2) is 0 Å². The number of rotatable bonds is 44. The van der Waals surface area contributed by atoms with E-state index in [1.54, 1.807) is 0 Å². The van der Waals surface area contributed by atoms with Gasteiger partial charge in [0.2, 0.25) is 5.91 Å². The van der Waals surface area contributed by atoms with Crippen LogP contribution >= 0.6 is 7.82 Å². The van der Waals surface area contributed by atoms with Gasteiger partial charge in [-0.15, -0.1) is 0 Å². The normalized spacial score (nSPS) is 14.8. The van der Waals surface area contributed by atoms with Crippen LogP contribution in [0, 0.1) is 0 Å². The van der Waals surface area contributed by atoms with Crippen molar-refractivity contribution in [1.82, 2.24) is 5.32 Å². The minimum Gasteiger partial charge on any atom is -0.391 e. The van der Waals surface area contributed by atoms with E-state index >= 15 is 0 Å². The highest BCUT2D eigenvalue weighted by Gasteiger charge is 2.28. The monoisotopic (exact) mass is 876 g/mol. The van der Waals surface area contributed by atoms with Gasteiger partial charge in [-0.3, -0.25) is 13.8 Å². The molecule has 61 heavy (non-hydrogen) atoms. The van der Waals surface area contributed by atoms with Gasteiger partial charge in [-0.05, 0) is 64.2 Å². The Labute approximate surface area is 376 Å². The van der Waals surface area contributed by atoms with Crippen molar-refractivity contribution in [2.24, 2.45) is 0 Å². The third-order valence-corrected chi connectivity index (χ3v) is 11.7. The number of hydrogen-bond acceptors (Lipinski definition) is 5. The first-order chi connectivity index (χ1) is 29.5. The molecule has 1 amide bonds. The lowest BCUT2D eigenvalue weighted by atomic mass is 10.0. The molecule has 9 heteroatoms. The number of nitrogens with one attached hydrogen (secondary N) is 1. The first-order valence-electron chi connectivity index (χ1n) is 24.8. The maximum Gasteiger partial charge on any atom is 0.472 e. The quantitative estimate of drug-likeness (QED) is 0.0244. The fraction of sp³-hybridized carbons (Fsp3) is 0.750. The van der Waals surface area contributed by atoms with Crippen LogP contribution in [0.1, 0.15) is 200 Å². The third kappa shape index (κ3) is 45.8. The number of unbranched alkanes of at least 4 members (excludes halogenated alkanes) is 19. The van der Waals surface area contributed by atoms with Gasteiger partial charge in [-0.25, -0.2) is 4.57 Å². The molecule has 0 rings (SSSR count). The Balaban J connectivity index is 4.37. The van der Waals surface area contributed by atoms with E-state index in [2.05, 4.69) is 92.1 Å². The summed E-state index contributed by atoms with van der Waals surface area (Å²) in [6, 6.07) is -0.778. The predicted octanol–water partition coefficient (Wildman–Crippen LogP) is 14.4. The molecule has 0 aromatic rings. The zero-order valence-electron chi connectivity index (χ0n) is 40.1. The van der Waals surface area contributed by atoms with Gasteiger partial charge in [-0.1, -0.05) is 202 Å². The number of nitrogens with zero attached hydrogens (tertiary/aromatic N) is 1. The molecule has 0 heterocycles. The Morgan fingerprint density at radius 1 is 0.574 bits per heavy atom. The van der Waals surface area contributed by atoms with Crippen molar-refractivity contribution in [3.05, 3.63) is 72.9 Å². The van der Waals surface area contributed by atoms with E-state index in [0.29, 0.717) is 23.9 Å². The molecule has 0 aliphatic rings. The van der Waals surface area contributed by atoms with Crippen LogP contribution in [0.3, 0.4) is 0 Å². The van der Waals surface area contributed by atoms with Crippen LogP contribution in [0.25, 0.3) is 0 Å². The van der Waals surface area contributed by atoms with Gasteiger partial charge in [0.05, 0.1) is 39.9 Å². The van der Waals surface area contributed by atoms with Crippen molar-refractivity contribution in [1.29, 1.82) is 0 Å². The van der Waals surface area contributed by atoms with E-state index in [1.165, 1.54) is 83.5 Å². The minimum absolute atomic E-state index is 0.0656. The molecule has 0 aromatic heterocycles. The number of likely N-dealkylation sites (N-methyl/N-ethyl adjacent to an activating group) is 1. The molecular weight excluding hydrogens is 780 g/mol. The second-order valence-corrected chi connectivity index (χ2v) is 19.3. The number of phosphoric ester groups is 1. The molecule has 0 aliphatic carbocycles. The van der Waals surface area contributed by atoms with E-state index in [4.69, 9.17) is 9.05 Å². The summed E-state index contributed by atoms with van der Waals surface area (Å²) in [5.41, 5.74) is 0. The average molecular weight is 876 g/mol. The summed E-state index contributed by atoms with van der Waals surface area (Å²) in [6.45, 7) is 4.75. The zero-order chi connectivity index (χ0) is 45.0. The van der Waals surface area contributed by atoms with Crippen LogP contribution < -0.4 is 5.32 Å². The van der Waals surface area contributed by atoms with Gasteiger partial charge in [-0.2, -0.15) is 0 Å². The van der Waals surface area contributed by atoms with Gasteiger partial charge in [0.25, 0.3) is 0 Å². The number of carbonyl (C=O) groups excluding carboxylic acids is 1. The van der Waals surface area contributed by atoms with Crippen molar-refractivity contribution in [3.8, 4) is 0 Å². The van der Waals surface area contributed by atoms with E-state index in [1.807, 2.05) is 21.1 Å². The molecule has 354 valence electrons. The zero-order valence-corrected chi connectivity index (χ0v) is 41.0. The van der Waals surface area contributed by atoms with Crippen LogP contribution in [0.2, 0.25) is 0 Å². The second kappa shape index (κ2) is 43.2. The van der Waals surface area contributed by atoms with Crippen molar-refractivity contribution in [3.63, 3.8) is 0 Å². The van der Waals surface area contributed by atoms with Gasteiger partial charge in [0.1, 0.15) is 13.2 Å². The molecule has 0 spiro atoms. The van der Waals surface area contributed by atoms with Crippen LogP contribution in [-0.2, 0) is 18.4 Å². The maximum atomic E-state index is 12.9. The first-order valence-corrected chi connectivity index (χ1v) is 26.3. The summed E-state index contributed by atoms with van der Waals surface area (Å²) in [5.74, 6) is -0.171. The predicted molar refractivity (Wildman–Crippen MR) is 263 cm³/mol. The number of phosphoric acid groups is 1.